The highest BCUT2D eigenvalue weighted by Crippen LogP contribution is 2.29. The molecule has 1 aliphatic heterocycles. The molecular weight excluding hydrogens is 308 g/mol. The van der Waals surface area contributed by atoms with E-state index in [1.165, 1.54) is 12.1 Å². The molecule has 2 aromatic carbocycles. The third kappa shape index (κ3) is 2.86. The number of benzene rings is 2. The molecule has 2 aromatic rings. The zero-order valence-corrected chi connectivity index (χ0v) is 13.0. The van der Waals surface area contributed by atoms with Crippen molar-refractivity contribution in [1.29, 1.82) is 0 Å². The molecule has 0 saturated heterocycles. The smallest absolute Gasteiger partial charge is 0.339 e. The minimum atomic E-state index is -1.30. The van der Waals surface area contributed by atoms with Crippen LogP contribution in [0, 0.1) is 0 Å². The first-order valence-corrected chi connectivity index (χ1v) is 7.42. The van der Waals surface area contributed by atoms with Gasteiger partial charge in [0, 0.05) is 17.7 Å². The molecule has 122 valence electrons. The Morgan fingerprint density at radius 1 is 1.12 bits per heavy atom. The molecule has 0 aromatic heterocycles. The number of nitrogens with one attached hydrogen (secondary N) is 1. The minimum absolute atomic E-state index is 0.292. The molecule has 1 atom stereocenters. The van der Waals surface area contributed by atoms with Gasteiger partial charge >= 0.3 is 5.97 Å². The normalized spacial score (nSPS) is 19.1. The molecule has 0 aliphatic carbocycles. The molecule has 1 heterocycles. The average molecular weight is 324 g/mol. The summed E-state index contributed by atoms with van der Waals surface area (Å²) in [6.45, 7) is 1.58. The summed E-state index contributed by atoms with van der Waals surface area (Å²) in [6, 6.07) is 13.2. The van der Waals surface area contributed by atoms with Gasteiger partial charge in [0.1, 0.15) is 0 Å². The van der Waals surface area contributed by atoms with Crippen LogP contribution in [-0.2, 0) is 16.0 Å². The van der Waals surface area contributed by atoms with E-state index in [9.17, 15) is 14.4 Å². The zero-order chi connectivity index (χ0) is 17.3. The highest BCUT2D eigenvalue weighted by atomic mass is 16.6. The lowest BCUT2D eigenvalue weighted by Gasteiger charge is -2.33. The van der Waals surface area contributed by atoms with Crippen molar-refractivity contribution in [3.63, 3.8) is 0 Å². The van der Waals surface area contributed by atoms with Crippen molar-refractivity contribution in [3.05, 3.63) is 65.2 Å². The molecule has 1 aliphatic rings. The fourth-order valence-corrected chi connectivity index (χ4v) is 2.64. The molecule has 6 heteroatoms. The number of anilines is 1. The van der Waals surface area contributed by atoms with Crippen LogP contribution in [0.2, 0.25) is 0 Å². The Labute approximate surface area is 138 Å². The summed E-state index contributed by atoms with van der Waals surface area (Å²) in [6.07, 6.45) is 0.292. The lowest BCUT2D eigenvalue weighted by molar-refractivity contribution is -0.134. The topological polar surface area (TPSA) is 98.5 Å². The van der Waals surface area contributed by atoms with Gasteiger partial charge in [-0.05, 0) is 42.8 Å². The second-order valence-corrected chi connectivity index (χ2v) is 5.85. The second-order valence-electron chi connectivity index (χ2n) is 5.85. The number of carbonyl (C=O) groups excluding carboxylic acids is 3. The summed E-state index contributed by atoms with van der Waals surface area (Å²) in [5, 5.41) is 2.70. The van der Waals surface area contributed by atoms with E-state index < -0.39 is 23.4 Å². The number of rotatable bonds is 3. The number of esters is 1. The SMILES string of the molecule is C[C@@]1(C(=O)Nc2ccc(C(N)=O)cc2)Cc2ccccc2C(=O)O1. The maximum atomic E-state index is 12.6. The molecule has 6 nitrogen and oxygen atoms in total. The average Bonchev–Trinajstić information content (AvgIpc) is 2.55. The van der Waals surface area contributed by atoms with Crippen LogP contribution in [0.3, 0.4) is 0 Å². The molecule has 2 amide bonds. The number of ether oxygens (including phenoxy) is 1. The van der Waals surface area contributed by atoms with E-state index in [0.29, 0.717) is 23.2 Å². The largest absolute Gasteiger partial charge is 0.445 e. The number of hydrogen-bond acceptors (Lipinski definition) is 4. The molecular formula is C18H16N2O4. The third-order valence-corrected chi connectivity index (χ3v) is 3.99. The van der Waals surface area contributed by atoms with Crippen molar-refractivity contribution in [2.45, 2.75) is 18.9 Å². The first kappa shape index (κ1) is 15.7. The monoisotopic (exact) mass is 324 g/mol. The van der Waals surface area contributed by atoms with Gasteiger partial charge < -0.3 is 15.8 Å². The molecule has 3 N–H and O–H groups in total. The van der Waals surface area contributed by atoms with Crippen molar-refractivity contribution >= 4 is 23.5 Å². The number of amides is 2. The molecule has 3 rings (SSSR count). The van der Waals surface area contributed by atoms with Gasteiger partial charge in [0.05, 0.1) is 5.56 Å². The number of primary amides is 1. The molecule has 0 bridgehead atoms. The summed E-state index contributed by atoms with van der Waals surface area (Å²) in [5.74, 6) is -1.49. The summed E-state index contributed by atoms with van der Waals surface area (Å²) in [4.78, 5) is 35.8. The number of hydrogen-bond donors (Lipinski definition) is 2. The van der Waals surface area contributed by atoms with Crippen molar-refractivity contribution in [2.75, 3.05) is 5.32 Å². The van der Waals surface area contributed by atoms with Gasteiger partial charge in [-0.15, -0.1) is 0 Å². The van der Waals surface area contributed by atoms with Gasteiger partial charge in [0.25, 0.3) is 5.91 Å². The Kier molecular flexibility index (Phi) is 3.81. The Bertz CT molecular complexity index is 829. The van der Waals surface area contributed by atoms with Gasteiger partial charge in [-0.25, -0.2) is 4.79 Å². The Morgan fingerprint density at radius 3 is 2.46 bits per heavy atom. The van der Waals surface area contributed by atoms with E-state index in [1.807, 2.05) is 12.1 Å². The van der Waals surface area contributed by atoms with E-state index in [1.54, 1.807) is 31.2 Å². The highest BCUT2D eigenvalue weighted by molar-refractivity contribution is 6.02. The highest BCUT2D eigenvalue weighted by Gasteiger charge is 2.42. The molecule has 0 unspecified atom stereocenters. The first-order chi connectivity index (χ1) is 11.4. The van der Waals surface area contributed by atoms with E-state index in [2.05, 4.69) is 5.32 Å². The van der Waals surface area contributed by atoms with Crippen molar-refractivity contribution in [2.24, 2.45) is 5.73 Å². The summed E-state index contributed by atoms with van der Waals surface area (Å²) in [5.41, 5.74) is 5.97. The van der Waals surface area contributed by atoms with E-state index in [0.717, 1.165) is 5.56 Å². The Morgan fingerprint density at radius 2 is 1.79 bits per heavy atom. The van der Waals surface area contributed by atoms with Crippen LogP contribution in [0.5, 0.6) is 0 Å². The first-order valence-electron chi connectivity index (χ1n) is 7.42. The van der Waals surface area contributed by atoms with Gasteiger partial charge in [-0.2, -0.15) is 0 Å². The predicted octanol–water partition coefficient (Wildman–Crippen LogP) is 1.90. The zero-order valence-electron chi connectivity index (χ0n) is 13.0. The molecule has 0 saturated carbocycles. The predicted molar refractivity (Wildman–Crippen MR) is 87.6 cm³/mol. The quantitative estimate of drug-likeness (QED) is 0.842. The van der Waals surface area contributed by atoms with Gasteiger partial charge in [-0.1, -0.05) is 18.2 Å². The molecule has 24 heavy (non-hydrogen) atoms. The van der Waals surface area contributed by atoms with E-state index in [4.69, 9.17) is 10.5 Å². The minimum Gasteiger partial charge on any atom is -0.445 e. The van der Waals surface area contributed by atoms with Crippen LogP contribution in [0.1, 0.15) is 33.2 Å². The molecule has 0 spiro atoms. The van der Waals surface area contributed by atoms with Crippen LogP contribution in [0.15, 0.2) is 48.5 Å². The van der Waals surface area contributed by atoms with Crippen molar-refractivity contribution in [3.8, 4) is 0 Å². The standard InChI is InChI=1S/C18H16N2O4/c1-18(10-12-4-2-3-5-14(12)16(22)24-18)17(23)20-13-8-6-11(7-9-13)15(19)21/h2-9H,10H2,1H3,(H2,19,21)(H,20,23)/t18-/m0/s1. The maximum Gasteiger partial charge on any atom is 0.339 e. The van der Waals surface area contributed by atoms with Gasteiger partial charge in [0.2, 0.25) is 5.91 Å². The number of nitrogens with two attached hydrogens (primary N) is 1. The van der Waals surface area contributed by atoms with Crippen LogP contribution >= 0.6 is 0 Å². The Hall–Kier alpha value is -3.15. The lowest BCUT2D eigenvalue weighted by Crippen LogP contribution is -2.48. The summed E-state index contributed by atoms with van der Waals surface area (Å²) in [7, 11) is 0. The summed E-state index contributed by atoms with van der Waals surface area (Å²) >= 11 is 0. The summed E-state index contributed by atoms with van der Waals surface area (Å²) < 4.78 is 5.37. The molecule has 0 fully saturated rings. The fourth-order valence-electron chi connectivity index (χ4n) is 2.64. The van der Waals surface area contributed by atoms with Crippen LogP contribution in [-0.4, -0.2) is 23.4 Å². The second kappa shape index (κ2) is 5.81. The van der Waals surface area contributed by atoms with Gasteiger partial charge in [0.15, 0.2) is 5.60 Å². The number of carbonyl (C=O) groups is 3. The molecule has 0 radical (unpaired) electrons. The third-order valence-electron chi connectivity index (χ3n) is 3.99. The van der Waals surface area contributed by atoms with Crippen LogP contribution in [0.4, 0.5) is 5.69 Å². The number of cyclic esters (lactones) is 1. The Balaban J connectivity index is 1.80. The lowest BCUT2D eigenvalue weighted by atomic mass is 9.89. The van der Waals surface area contributed by atoms with Crippen LogP contribution in [0.25, 0.3) is 0 Å². The fraction of sp³-hybridized carbons (Fsp3) is 0.167. The maximum absolute atomic E-state index is 12.6. The van der Waals surface area contributed by atoms with Crippen molar-refractivity contribution < 1.29 is 19.1 Å². The van der Waals surface area contributed by atoms with E-state index >= 15 is 0 Å². The number of fused-ring (bicyclic) bond motifs is 1. The van der Waals surface area contributed by atoms with Gasteiger partial charge in [-0.3, -0.25) is 9.59 Å². The van der Waals surface area contributed by atoms with Crippen molar-refractivity contribution in [1.82, 2.24) is 0 Å². The van der Waals surface area contributed by atoms with Crippen LogP contribution < -0.4 is 11.1 Å². The van der Waals surface area contributed by atoms with E-state index in [-0.39, 0.29) is 0 Å².